The van der Waals surface area contributed by atoms with Crippen LogP contribution in [0.4, 0.5) is 5.69 Å². The first kappa shape index (κ1) is 27.3. The molecule has 0 aliphatic rings. The summed E-state index contributed by atoms with van der Waals surface area (Å²) in [6.45, 7) is 0. The summed E-state index contributed by atoms with van der Waals surface area (Å²) in [5.41, 5.74) is 0.247. The number of hydrogen-bond donors (Lipinski definition) is 1. The Morgan fingerprint density at radius 1 is 0.833 bits per heavy atom. The highest BCUT2D eigenvalue weighted by atomic mass is 35.5. The van der Waals surface area contributed by atoms with E-state index in [1.165, 1.54) is 24.3 Å². The van der Waals surface area contributed by atoms with Crippen molar-refractivity contribution in [2.75, 3.05) is 6.16 Å². The van der Waals surface area contributed by atoms with Gasteiger partial charge in [-0.3, -0.25) is 10.1 Å². The number of alkyl halides is 1. The Labute approximate surface area is 221 Å². The zero-order chi connectivity index (χ0) is 24.9. The van der Waals surface area contributed by atoms with Crippen LogP contribution in [-0.4, -0.2) is 21.1 Å². The molecule has 0 aliphatic heterocycles. The highest BCUT2D eigenvalue weighted by Gasteiger charge is 2.54. The Bertz CT molecular complexity index is 1240. The molecule has 4 rings (SSSR count). The molecule has 0 bridgehead atoms. The SMILES string of the molecule is N#CC(Cl)(C[P+](c1ccccc1)(c1ccccc1)c1ccccc1)C(O)c1ccc([N+](=O)[O-])cc1.[Cl-]. The molecule has 2 unspecified atom stereocenters. The van der Waals surface area contributed by atoms with E-state index in [0.717, 1.165) is 15.9 Å². The fourth-order valence-electron chi connectivity index (χ4n) is 4.34. The zero-order valence-corrected chi connectivity index (χ0v) is 21.5. The van der Waals surface area contributed by atoms with Crippen LogP contribution >= 0.6 is 18.9 Å². The van der Waals surface area contributed by atoms with Crippen LogP contribution in [-0.2, 0) is 0 Å². The Hall–Kier alpha value is -3.26. The molecule has 2 atom stereocenters. The van der Waals surface area contributed by atoms with Crippen LogP contribution in [0.3, 0.4) is 0 Å². The van der Waals surface area contributed by atoms with Crippen molar-refractivity contribution in [3.8, 4) is 6.07 Å². The minimum absolute atomic E-state index is 0. The average molecular weight is 537 g/mol. The first-order chi connectivity index (χ1) is 16.9. The number of nitro benzene ring substituents is 1. The Morgan fingerprint density at radius 3 is 1.56 bits per heavy atom. The summed E-state index contributed by atoms with van der Waals surface area (Å²) in [6.07, 6.45) is -1.21. The van der Waals surface area contributed by atoms with Gasteiger partial charge in [0, 0.05) is 12.1 Å². The molecule has 0 fully saturated rings. The van der Waals surface area contributed by atoms with Crippen LogP contribution < -0.4 is 28.3 Å². The van der Waals surface area contributed by atoms with Gasteiger partial charge in [0.25, 0.3) is 5.69 Å². The zero-order valence-electron chi connectivity index (χ0n) is 19.1. The van der Waals surface area contributed by atoms with Crippen LogP contribution in [0.2, 0.25) is 0 Å². The number of nitro groups is 1. The van der Waals surface area contributed by atoms with Gasteiger partial charge in [-0.05, 0) is 54.1 Å². The molecule has 0 saturated carbocycles. The smallest absolute Gasteiger partial charge is 0.269 e. The minimum atomic E-state index is -2.51. The van der Waals surface area contributed by atoms with Gasteiger partial charge in [0.1, 0.15) is 35.4 Å². The van der Waals surface area contributed by atoms with E-state index < -0.39 is 23.2 Å². The first-order valence-electron chi connectivity index (χ1n) is 11.0. The van der Waals surface area contributed by atoms with Gasteiger partial charge < -0.3 is 17.5 Å². The Morgan fingerprint density at radius 2 is 1.22 bits per heavy atom. The Kier molecular flexibility index (Phi) is 8.84. The summed E-state index contributed by atoms with van der Waals surface area (Å²) in [6, 6.07) is 37.6. The normalized spacial score (nSPS) is 13.5. The lowest BCUT2D eigenvalue weighted by Gasteiger charge is -2.34. The van der Waals surface area contributed by atoms with E-state index in [0.29, 0.717) is 5.56 Å². The first-order valence-corrected chi connectivity index (χ1v) is 13.3. The lowest BCUT2D eigenvalue weighted by atomic mass is 9.97. The van der Waals surface area contributed by atoms with Gasteiger partial charge in [-0.2, -0.15) is 5.26 Å². The summed E-state index contributed by atoms with van der Waals surface area (Å²) in [4.78, 5) is 8.85. The number of aliphatic hydroxyl groups excluding tert-OH is 1. The van der Waals surface area contributed by atoms with Crippen LogP contribution in [0.1, 0.15) is 11.7 Å². The molecule has 4 aromatic rings. The topological polar surface area (TPSA) is 87.2 Å². The van der Waals surface area contributed by atoms with Crippen molar-refractivity contribution in [3.05, 3.63) is 131 Å². The van der Waals surface area contributed by atoms with Crippen LogP contribution in [0.25, 0.3) is 0 Å². The Balaban J connectivity index is 0.00000361. The number of hydrogen-bond acceptors (Lipinski definition) is 4. The van der Waals surface area contributed by atoms with Crippen molar-refractivity contribution in [1.82, 2.24) is 0 Å². The van der Waals surface area contributed by atoms with Crippen LogP contribution in [0, 0.1) is 21.4 Å². The minimum Gasteiger partial charge on any atom is -1.00 e. The maximum atomic E-state index is 11.4. The second kappa shape index (κ2) is 11.6. The molecule has 36 heavy (non-hydrogen) atoms. The highest BCUT2D eigenvalue weighted by Crippen LogP contribution is 2.59. The van der Waals surface area contributed by atoms with Crippen molar-refractivity contribution in [3.63, 3.8) is 0 Å². The van der Waals surface area contributed by atoms with Crippen molar-refractivity contribution >= 4 is 40.5 Å². The summed E-state index contributed by atoms with van der Waals surface area (Å²) in [5.74, 6) is 0. The molecule has 0 saturated heterocycles. The van der Waals surface area contributed by atoms with E-state index >= 15 is 0 Å². The molecule has 0 amide bonds. The third kappa shape index (κ3) is 5.28. The summed E-state index contributed by atoms with van der Waals surface area (Å²) in [5, 5.41) is 35.9. The maximum Gasteiger partial charge on any atom is 0.269 e. The third-order valence-corrected chi connectivity index (χ3v) is 11.2. The number of non-ortho nitro benzene ring substituents is 1. The predicted octanol–water partition coefficient (Wildman–Crippen LogP) is 2.13. The molecule has 5 nitrogen and oxygen atoms in total. The predicted molar refractivity (Wildman–Crippen MR) is 142 cm³/mol. The fraction of sp³-hybridized carbons (Fsp3) is 0.107. The number of rotatable bonds is 8. The third-order valence-electron chi connectivity index (χ3n) is 6.10. The lowest BCUT2D eigenvalue weighted by Crippen LogP contribution is -3.00. The van der Waals surface area contributed by atoms with E-state index in [-0.39, 0.29) is 24.3 Å². The number of benzene rings is 4. The second-order valence-corrected chi connectivity index (χ2v) is 12.4. The molecule has 0 aliphatic carbocycles. The number of nitrogens with zero attached hydrogens (tertiary/aromatic N) is 2. The standard InChI is InChI=1S/C28H23ClN2O3P.ClH/c29-28(20-30,27(32)22-16-18-23(19-17-22)31(33)34)21-35(24-10-4-1-5-11-24,25-12-6-2-7-13-25)26-14-8-3-9-15-26;/h1-19,27,32H,21H2;1H/q+1;/p-1. The maximum absolute atomic E-state index is 11.4. The number of aliphatic hydroxyl groups is 1. The molecule has 1 N–H and O–H groups in total. The largest absolute Gasteiger partial charge is 1.00 e. The molecule has 4 aromatic carbocycles. The van der Waals surface area contributed by atoms with E-state index in [1.54, 1.807) is 0 Å². The summed E-state index contributed by atoms with van der Waals surface area (Å²) < 4.78 is 0. The highest BCUT2D eigenvalue weighted by molar-refractivity contribution is 7.95. The molecule has 0 heterocycles. The van der Waals surface area contributed by atoms with Crippen molar-refractivity contribution in [2.45, 2.75) is 11.0 Å². The van der Waals surface area contributed by atoms with Crippen molar-refractivity contribution in [1.29, 1.82) is 5.26 Å². The van der Waals surface area contributed by atoms with E-state index in [1.807, 2.05) is 91.0 Å². The lowest BCUT2D eigenvalue weighted by molar-refractivity contribution is -0.384. The van der Waals surface area contributed by atoms with Crippen LogP contribution in [0.5, 0.6) is 0 Å². The monoisotopic (exact) mass is 536 g/mol. The molecular weight excluding hydrogens is 514 g/mol. The van der Waals surface area contributed by atoms with E-state index in [2.05, 4.69) is 6.07 Å². The van der Waals surface area contributed by atoms with Gasteiger partial charge >= 0.3 is 0 Å². The molecule has 0 radical (unpaired) electrons. The van der Waals surface area contributed by atoms with Crippen molar-refractivity contribution < 1.29 is 22.4 Å². The number of nitriles is 1. The van der Waals surface area contributed by atoms with Gasteiger partial charge in [0.15, 0.2) is 4.87 Å². The van der Waals surface area contributed by atoms with Gasteiger partial charge in [0.05, 0.1) is 11.0 Å². The fourth-order valence-corrected chi connectivity index (χ4v) is 9.42. The van der Waals surface area contributed by atoms with Gasteiger partial charge in [0.2, 0.25) is 0 Å². The van der Waals surface area contributed by atoms with Gasteiger partial charge in [-0.1, -0.05) is 66.2 Å². The molecular formula is C28H23Cl2N2O3P. The van der Waals surface area contributed by atoms with Gasteiger partial charge in [-0.15, -0.1) is 0 Å². The average Bonchev–Trinajstić information content (AvgIpc) is 2.92. The molecule has 8 heteroatoms. The van der Waals surface area contributed by atoms with Crippen molar-refractivity contribution in [2.24, 2.45) is 0 Å². The second-order valence-electron chi connectivity index (χ2n) is 8.20. The summed E-state index contributed by atoms with van der Waals surface area (Å²) >= 11 is 7.03. The van der Waals surface area contributed by atoms with Crippen LogP contribution in [0.15, 0.2) is 115 Å². The molecule has 0 aromatic heterocycles. The van der Waals surface area contributed by atoms with Gasteiger partial charge in [-0.25, -0.2) is 0 Å². The van der Waals surface area contributed by atoms with E-state index in [4.69, 9.17) is 11.6 Å². The molecule has 0 spiro atoms. The number of halogens is 2. The molecule has 182 valence electrons. The summed E-state index contributed by atoms with van der Waals surface area (Å²) in [7, 11) is -2.51. The quantitative estimate of drug-likeness (QED) is 0.162. The van der Waals surface area contributed by atoms with E-state index in [9.17, 15) is 20.5 Å².